The molecule has 0 unspecified atom stereocenters. The van der Waals surface area contributed by atoms with Gasteiger partial charge in [-0.1, -0.05) is 36.7 Å². The van der Waals surface area contributed by atoms with E-state index in [1.165, 1.54) is 11.1 Å². The summed E-state index contributed by atoms with van der Waals surface area (Å²) in [6, 6.07) is 11.5. The van der Waals surface area contributed by atoms with Crippen LogP contribution >= 0.6 is 11.6 Å². The summed E-state index contributed by atoms with van der Waals surface area (Å²) in [4.78, 5) is 15.8. The normalized spacial score (nSPS) is 33.5. The van der Waals surface area contributed by atoms with Crippen LogP contribution in [0.2, 0.25) is 5.02 Å². The highest BCUT2D eigenvalue weighted by molar-refractivity contribution is 7.90. The van der Waals surface area contributed by atoms with E-state index in [4.69, 9.17) is 25.8 Å². The first kappa shape index (κ1) is 32.4. The lowest BCUT2D eigenvalue weighted by molar-refractivity contribution is -0.110. The van der Waals surface area contributed by atoms with Crippen molar-refractivity contribution < 1.29 is 27.4 Å². The van der Waals surface area contributed by atoms with Crippen molar-refractivity contribution in [1.82, 2.24) is 4.72 Å². The molecule has 1 saturated carbocycles. The van der Waals surface area contributed by atoms with E-state index in [1.807, 2.05) is 25.1 Å². The predicted octanol–water partition coefficient (Wildman–Crippen LogP) is 5.92. The number of ether oxygens (including phenoxy) is 3. The van der Waals surface area contributed by atoms with E-state index in [0.29, 0.717) is 43.4 Å². The summed E-state index contributed by atoms with van der Waals surface area (Å²) in [6.07, 6.45) is 9.66. The lowest BCUT2D eigenvalue weighted by Crippen LogP contribution is -2.54. The average molecular weight is 657 g/mol. The molecule has 2 aromatic rings. The number of rotatable bonds is 3. The van der Waals surface area contributed by atoms with E-state index in [1.54, 1.807) is 33.3 Å². The molecular weight excluding hydrogens is 612 g/mol. The molecule has 4 aliphatic rings. The molecule has 45 heavy (non-hydrogen) atoms. The largest absolute Gasteiger partial charge is 0.490 e. The van der Waals surface area contributed by atoms with Crippen molar-refractivity contribution in [3.8, 4) is 5.75 Å². The Labute approximate surface area is 272 Å². The molecule has 0 aromatic heterocycles. The van der Waals surface area contributed by atoms with E-state index in [9.17, 15) is 13.2 Å². The number of carbonyl (C=O) groups excluding carboxylic acids is 1. The quantitative estimate of drug-likeness (QED) is 0.410. The summed E-state index contributed by atoms with van der Waals surface area (Å²) >= 11 is 6.43. The fourth-order valence-corrected chi connectivity index (χ4v) is 9.49. The van der Waals surface area contributed by atoms with Gasteiger partial charge in [0.25, 0.3) is 5.91 Å². The summed E-state index contributed by atoms with van der Waals surface area (Å²) in [5.41, 5.74) is 2.73. The molecule has 1 spiro atoms. The Morgan fingerprint density at radius 2 is 1.96 bits per heavy atom. The highest BCUT2D eigenvalue weighted by Gasteiger charge is 2.49. The van der Waals surface area contributed by atoms with Gasteiger partial charge in [0.15, 0.2) is 0 Å². The number of benzene rings is 2. The molecule has 2 bridgehead atoms. The Balaban J connectivity index is 1.46. The number of nitrogens with zero attached hydrogens (tertiary/aromatic N) is 1. The van der Waals surface area contributed by atoms with Gasteiger partial charge in [0.1, 0.15) is 11.4 Å². The van der Waals surface area contributed by atoms with Crippen molar-refractivity contribution >= 4 is 33.2 Å². The second-order valence-corrected chi connectivity index (χ2v) is 16.1. The smallest absolute Gasteiger partial charge is 0.264 e. The number of amides is 1. The van der Waals surface area contributed by atoms with Crippen LogP contribution in [0.25, 0.3) is 0 Å². The Kier molecular flexibility index (Phi) is 9.02. The Hall–Kier alpha value is -2.59. The minimum absolute atomic E-state index is 0.204. The minimum Gasteiger partial charge on any atom is -0.490 e. The lowest BCUT2D eigenvalue weighted by Gasteiger charge is -2.50. The van der Waals surface area contributed by atoms with Crippen LogP contribution in [0.15, 0.2) is 48.6 Å². The first-order valence-electron chi connectivity index (χ1n) is 16.1. The molecule has 1 fully saturated rings. The van der Waals surface area contributed by atoms with Gasteiger partial charge in [0, 0.05) is 43.3 Å². The van der Waals surface area contributed by atoms with Gasteiger partial charge in [-0.3, -0.25) is 4.79 Å². The fourth-order valence-electron chi connectivity index (χ4n) is 8.01. The third-order valence-electron chi connectivity index (χ3n) is 11.0. The first-order valence-corrected chi connectivity index (χ1v) is 18.0. The summed E-state index contributed by atoms with van der Waals surface area (Å²) in [5.74, 6) is 0.352. The molecular formula is C35H45ClN2O6S. The topological polar surface area (TPSA) is 94.2 Å². The number of fused-ring (bicyclic) bond motifs is 4. The number of allylic oxidation sites excluding steroid dienone is 1. The van der Waals surface area contributed by atoms with Crippen molar-refractivity contribution in [1.29, 1.82) is 0 Å². The van der Waals surface area contributed by atoms with Crippen LogP contribution in [0, 0.1) is 17.8 Å². The van der Waals surface area contributed by atoms with Gasteiger partial charge in [0.05, 0.1) is 24.2 Å². The van der Waals surface area contributed by atoms with Crippen molar-refractivity contribution in [3.05, 3.63) is 70.3 Å². The van der Waals surface area contributed by atoms with E-state index in [2.05, 4.69) is 27.8 Å². The number of anilines is 1. The molecule has 10 heteroatoms. The van der Waals surface area contributed by atoms with Crippen LogP contribution in [0.5, 0.6) is 5.75 Å². The number of hydrogen-bond acceptors (Lipinski definition) is 7. The third kappa shape index (κ3) is 6.01. The van der Waals surface area contributed by atoms with Crippen LogP contribution in [-0.2, 0) is 31.3 Å². The number of hydrogen-bond donors (Lipinski definition) is 1. The van der Waals surface area contributed by atoms with Gasteiger partial charge in [0.2, 0.25) is 10.0 Å². The maximum absolute atomic E-state index is 13.5. The van der Waals surface area contributed by atoms with Gasteiger partial charge >= 0.3 is 0 Å². The molecule has 6 atom stereocenters. The molecule has 0 saturated heterocycles. The number of carbonyl (C=O) groups is 1. The minimum atomic E-state index is -3.93. The SMILES string of the molecule is COC[C@]1(OC)/C=C/C[C@H](C)[C@@H](C)S(=O)(=O)NC(=O)c2ccc3c(c2)N(C[C@@H]2CC[C@H]21)C[C@@]1(CCCc2cc(Cl)ccc21)CO3. The summed E-state index contributed by atoms with van der Waals surface area (Å²) < 4.78 is 47.7. The van der Waals surface area contributed by atoms with Crippen molar-refractivity contribution in [2.75, 3.05) is 45.4 Å². The van der Waals surface area contributed by atoms with E-state index < -0.39 is 26.8 Å². The van der Waals surface area contributed by atoms with Gasteiger partial charge in [-0.15, -0.1) is 0 Å². The molecule has 1 amide bonds. The van der Waals surface area contributed by atoms with Crippen LogP contribution in [-0.4, -0.2) is 65.7 Å². The van der Waals surface area contributed by atoms with Crippen molar-refractivity contribution in [2.45, 2.75) is 68.6 Å². The molecule has 2 heterocycles. The first-order chi connectivity index (χ1) is 21.5. The number of methoxy groups -OCH3 is 2. The number of aryl methyl sites for hydroxylation is 1. The highest BCUT2D eigenvalue weighted by atomic mass is 35.5. The molecule has 8 nitrogen and oxygen atoms in total. The second kappa shape index (κ2) is 12.5. The summed E-state index contributed by atoms with van der Waals surface area (Å²) in [6.45, 7) is 5.90. The average Bonchev–Trinajstić information content (AvgIpc) is 3.15. The highest BCUT2D eigenvalue weighted by Crippen LogP contribution is 2.49. The van der Waals surface area contributed by atoms with Gasteiger partial charge in [-0.2, -0.15) is 0 Å². The van der Waals surface area contributed by atoms with Crippen LogP contribution in [0.1, 0.15) is 67.4 Å². The number of sulfonamides is 1. The Morgan fingerprint density at radius 1 is 1.13 bits per heavy atom. The molecule has 244 valence electrons. The van der Waals surface area contributed by atoms with Gasteiger partial charge in [-0.05, 0) is 105 Å². The summed E-state index contributed by atoms with van der Waals surface area (Å²) in [5, 5.41) is -0.0439. The summed E-state index contributed by atoms with van der Waals surface area (Å²) in [7, 11) is -0.499. The van der Waals surface area contributed by atoms with Gasteiger partial charge in [-0.25, -0.2) is 13.1 Å². The predicted molar refractivity (Wildman–Crippen MR) is 177 cm³/mol. The van der Waals surface area contributed by atoms with E-state index in [-0.39, 0.29) is 17.3 Å². The van der Waals surface area contributed by atoms with Crippen LogP contribution in [0.3, 0.4) is 0 Å². The van der Waals surface area contributed by atoms with E-state index in [0.717, 1.165) is 49.4 Å². The molecule has 0 radical (unpaired) electrons. The van der Waals surface area contributed by atoms with Crippen molar-refractivity contribution in [2.24, 2.45) is 17.8 Å². The zero-order chi connectivity index (χ0) is 32.0. The molecule has 2 aliphatic heterocycles. The zero-order valence-corrected chi connectivity index (χ0v) is 28.3. The zero-order valence-electron chi connectivity index (χ0n) is 26.7. The number of nitrogens with one attached hydrogen (secondary N) is 1. The lowest BCUT2D eigenvalue weighted by atomic mass is 9.64. The van der Waals surface area contributed by atoms with Crippen LogP contribution in [0.4, 0.5) is 5.69 Å². The second-order valence-electron chi connectivity index (χ2n) is 13.6. The van der Waals surface area contributed by atoms with Gasteiger partial charge < -0.3 is 19.1 Å². The molecule has 6 rings (SSSR count). The Morgan fingerprint density at radius 3 is 2.69 bits per heavy atom. The van der Waals surface area contributed by atoms with E-state index >= 15 is 0 Å². The van der Waals surface area contributed by atoms with Crippen molar-refractivity contribution in [3.63, 3.8) is 0 Å². The molecule has 2 aromatic carbocycles. The maximum atomic E-state index is 13.5. The molecule has 1 N–H and O–H groups in total. The number of halogens is 1. The third-order valence-corrected chi connectivity index (χ3v) is 13.1. The fraction of sp³-hybridized carbons (Fsp3) is 0.571. The monoisotopic (exact) mass is 656 g/mol. The molecule has 2 aliphatic carbocycles. The standard InChI is InChI=1S/C35H45ClN2O6S/c1-23-7-5-16-35(43-4,22-42-3)30-12-9-27(30)19-38-20-34(15-6-8-25-17-28(36)11-13-29(25)34)21-44-32-14-10-26(18-31(32)38)33(39)37-45(40,41)24(23)2/h5,10-11,13-14,16-18,23-24,27,30H,6-9,12,15,19-22H2,1-4H3,(H,37,39)/b16-5+/t23-,24+,27-,30+,34-,35+/m0/s1. The van der Waals surface area contributed by atoms with Crippen LogP contribution < -0.4 is 14.4 Å². The maximum Gasteiger partial charge on any atom is 0.264 e. The Bertz CT molecular complexity index is 1580.